The van der Waals surface area contributed by atoms with Gasteiger partial charge in [-0.1, -0.05) is 18.2 Å². The van der Waals surface area contributed by atoms with Crippen molar-refractivity contribution in [3.63, 3.8) is 0 Å². The van der Waals surface area contributed by atoms with Crippen LogP contribution >= 0.6 is 0 Å². The molecule has 2 rings (SSSR count). The van der Waals surface area contributed by atoms with Crippen molar-refractivity contribution in [2.45, 2.75) is 20.5 Å². The predicted molar refractivity (Wildman–Crippen MR) is 77.6 cm³/mol. The molecule has 0 amide bonds. The smallest absolute Gasteiger partial charge is 0.344 e. The number of carbonyl (C=O) groups is 1. The first-order valence-electron chi connectivity index (χ1n) is 6.64. The number of halogens is 1. The van der Waals surface area contributed by atoms with E-state index in [0.717, 1.165) is 16.7 Å². The van der Waals surface area contributed by atoms with Crippen LogP contribution in [-0.2, 0) is 16.1 Å². The first-order chi connectivity index (χ1) is 10.0. The van der Waals surface area contributed by atoms with Crippen LogP contribution in [-0.4, -0.2) is 12.6 Å². The third kappa shape index (κ3) is 4.91. The lowest BCUT2D eigenvalue weighted by Crippen LogP contribution is -2.14. The summed E-state index contributed by atoms with van der Waals surface area (Å²) in [6.45, 7) is 3.89. The first-order valence-corrected chi connectivity index (χ1v) is 6.64. The van der Waals surface area contributed by atoms with E-state index in [1.807, 2.05) is 32.0 Å². The van der Waals surface area contributed by atoms with Gasteiger partial charge in [0.05, 0.1) is 0 Å². The average molecular weight is 288 g/mol. The van der Waals surface area contributed by atoms with Gasteiger partial charge in [0.25, 0.3) is 0 Å². The summed E-state index contributed by atoms with van der Waals surface area (Å²) in [6, 6.07) is 11.6. The minimum Gasteiger partial charge on any atom is -0.482 e. The summed E-state index contributed by atoms with van der Waals surface area (Å²) in [5.41, 5.74) is 2.88. The number of esters is 1. The molecule has 0 heterocycles. The Morgan fingerprint density at radius 2 is 1.67 bits per heavy atom. The second-order valence-electron chi connectivity index (χ2n) is 4.90. The van der Waals surface area contributed by atoms with Crippen LogP contribution in [0.2, 0.25) is 0 Å². The van der Waals surface area contributed by atoms with Crippen molar-refractivity contribution in [3.05, 3.63) is 65.0 Å². The van der Waals surface area contributed by atoms with E-state index in [1.165, 1.54) is 12.1 Å². The molecule has 0 fully saturated rings. The highest BCUT2D eigenvalue weighted by Crippen LogP contribution is 2.16. The van der Waals surface area contributed by atoms with Crippen LogP contribution in [0.4, 0.5) is 4.39 Å². The molecule has 4 heteroatoms. The Labute approximate surface area is 123 Å². The van der Waals surface area contributed by atoms with Gasteiger partial charge in [-0.05, 0) is 54.8 Å². The van der Waals surface area contributed by atoms with Crippen LogP contribution in [0.25, 0.3) is 0 Å². The zero-order valence-corrected chi connectivity index (χ0v) is 12.1. The number of rotatable bonds is 5. The van der Waals surface area contributed by atoms with Crippen LogP contribution in [0.3, 0.4) is 0 Å². The van der Waals surface area contributed by atoms with Crippen molar-refractivity contribution >= 4 is 5.97 Å². The number of hydrogen-bond donors (Lipinski definition) is 0. The van der Waals surface area contributed by atoms with Gasteiger partial charge >= 0.3 is 5.97 Å². The summed E-state index contributed by atoms with van der Waals surface area (Å²) >= 11 is 0. The lowest BCUT2D eigenvalue weighted by Gasteiger charge is -2.08. The maximum atomic E-state index is 12.7. The molecule has 0 bridgehead atoms. The van der Waals surface area contributed by atoms with Gasteiger partial charge in [0.15, 0.2) is 6.61 Å². The van der Waals surface area contributed by atoms with E-state index in [4.69, 9.17) is 9.47 Å². The molecule has 0 spiro atoms. The fraction of sp³-hybridized carbons (Fsp3) is 0.235. The highest BCUT2D eigenvalue weighted by atomic mass is 19.1. The minimum absolute atomic E-state index is 0.106. The monoisotopic (exact) mass is 288 g/mol. The highest BCUT2D eigenvalue weighted by Gasteiger charge is 2.06. The molecule has 0 unspecified atom stereocenters. The van der Waals surface area contributed by atoms with Crippen LogP contribution < -0.4 is 4.74 Å². The van der Waals surface area contributed by atoms with Gasteiger partial charge < -0.3 is 9.47 Å². The summed E-state index contributed by atoms with van der Waals surface area (Å²) < 4.78 is 23.2. The van der Waals surface area contributed by atoms with Crippen molar-refractivity contribution in [1.82, 2.24) is 0 Å². The maximum absolute atomic E-state index is 12.7. The predicted octanol–water partition coefficient (Wildman–Crippen LogP) is 3.56. The maximum Gasteiger partial charge on any atom is 0.344 e. The Morgan fingerprint density at radius 3 is 2.29 bits per heavy atom. The largest absolute Gasteiger partial charge is 0.482 e. The van der Waals surface area contributed by atoms with Gasteiger partial charge in [-0.3, -0.25) is 0 Å². The standard InChI is InChI=1S/C17H17FO3/c1-12-7-13(2)9-16(8-12)20-11-17(19)21-10-14-3-5-15(18)6-4-14/h3-9H,10-11H2,1-2H3. The molecule has 21 heavy (non-hydrogen) atoms. The molecule has 0 saturated carbocycles. The van der Waals surface area contributed by atoms with Crippen molar-refractivity contribution in [2.75, 3.05) is 6.61 Å². The van der Waals surface area contributed by atoms with E-state index in [2.05, 4.69) is 0 Å². The average Bonchev–Trinajstić information content (AvgIpc) is 2.43. The second-order valence-corrected chi connectivity index (χ2v) is 4.90. The summed E-state index contributed by atoms with van der Waals surface area (Å²) in [5.74, 6) is -0.132. The summed E-state index contributed by atoms with van der Waals surface area (Å²) in [7, 11) is 0. The molecule has 0 saturated heterocycles. The van der Waals surface area contributed by atoms with Crippen molar-refractivity contribution in [3.8, 4) is 5.75 Å². The molecule has 0 aliphatic heterocycles. The Kier molecular flexibility index (Phi) is 4.93. The third-order valence-corrected chi connectivity index (χ3v) is 2.86. The third-order valence-electron chi connectivity index (χ3n) is 2.86. The molecule has 0 N–H and O–H groups in total. The molecular weight excluding hydrogens is 271 g/mol. The second kappa shape index (κ2) is 6.88. The molecule has 0 radical (unpaired) electrons. The van der Waals surface area contributed by atoms with Gasteiger partial charge in [0, 0.05) is 0 Å². The number of carbonyl (C=O) groups excluding carboxylic acids is 1. The van der Waals surface area contributed by atoms with Crippen molar-refractivity contribution in [2.24, 2.45) is 0 Å². The number of benzene rings is 2. The van der Waals surface area contributed by atoms with E-state index in [1.54, 1.807) is 12.1 Å². The first kappa shape index (κ1) is 15.0. The molecule has 0 aliphatic carbocycles. The minimum atomic E-state index is -0.460. The van der Waals surface area contributed by atoms with E-state index >= 15 is 0 Å². The van der Waals surface area contributed by atoms with Crippen LogP contribution in [0.1, 0.15) is 16.7 Å². The topological polar surface area (TPSA) is 35.5 Å². The fourth-order valence-electron chi connectivity index (χ4n) is 1.94. The summed E-state index contributed by atoms with van der Waals surface area (Å²) in [4.78, 5) is 11.6. The Hall–Kier alpha value is -2.36. The van der Waals surface area contributed by atoms with Gasteiger partial charge in [-0.25, -0.2) is 9.18 Å². The van der Waals surface area contributed by atoms with E-state index in [0.29, 0.717) is 5.75 Å². The molecule has 0 aromatic heterocycles. The molecule has 0 atom stereocenters. The zero-order valence-electron chi connectivity index (χ0n) is 12.1. The molecule has 0 aliphatic rings. The van der Waals surface area contributed by atoms with Crippen LogP contribution in [0, 0.1) is 19.7 Å². The Balaban J connectivity index is 1.80. The quantitative estimate of drug-likeness (QED) is 0.789. The number of hydrogen-bond acceptors (Lipinski definition) is 3. The van der Waals surface area contributed by atoms with Crippen LogP contribution in [0.5, 0.6) is 5.75 Å². The normalized spacial score (nSPS) is 10.2. The summed E-state index contributed by atoms with van der Waals surface area (Å²) in [6.07, 6.45) is 0. The zero-order chi connectivity index (χ0) is 15.2. The molecule has 2 aromatic carbocycles. The van der Waals surface area contributed by atoms with E-state index < -0.39 is 5.97 Å². The number of aryl methyl sites for hydroxylation is 2. The fourth-order valence-corrected chi connectivity index (χ4v) is 1.94. The van der Waals surface area contributed by atoms with E-state index in [-0.39, 0.29) is 19.0 Å². The van der Waals surface area contributed by atoms with Crippen molar-refractivity contribution in [1.29, 1.82) is 0 Å². The van der Waals surface area contributed by atoms with Crippen molar-refractivity contribution < 1.29 is 18.7 Å². The molecular formula is C17H17FO3. The van der Waals surface area contributed by atoms with Crippen LogP contribution in [0.15, 0.2) is 42.5 Å². The lowest BCUT2D eigenvalue weighted by molar-refractivity contribution is -0.147. The molecule has 3 nitrogen and oxygen atoms in total. The number of ether oxygens (including phenoxy) is 2. The van der Waals surface area contributed by atoms with Gasteiger partial charge in [0.2, 0.25) is 0 Å². The van der Waals surface area contributed by atoms with Gasteiger partial charge in [-0.2, -0.15) is 0 Å². The molecule has 2 aromatic rings. The Bertz CT molecular complexity index is 600. The highest BCUT2D eigenvalue weighted by molar-refractivity contribution is 5.71. The SMILES string of the molecule is Cc1cc(C)cc(OCC(=O)OCc2ccc(F)cc2)c1. The molecule has 110 valence electrons. The van der Waals surface area contributed by atoms with E-state index in [9.17, 15) is 9.18 Å². The summed E-state index contributed by atoms with van der Waals surface area (Å²) in [5, 5.41) is 0. The van der Waals surface area contributed by atoms with Gasteiger partial charge in [-0.15, -0.1) is 0 Å². The van der Waals surface area contributed by atoms with Gasteiger partial charge in [0.1, 0.15) is 18.2 Å². The Morgan fingerprint density at radius 1 is 1.05 bits per heavy atom. The lowest BCUT2D eigenvalue weighted by atomic mass is 10.1.